The largest absolute Gasteiger partial charge is 0.481 e. The summed E-state index contributed by atoms with van der Waals surface area (Å²) in [5.74, 6) is -1.34. The van der Waals surface area contributed by atoms with E-state index in [4.69, 9.17) is 16.7 Å². The van der Waals surface area contributed by atoms with Gasteiger partial charge in [-0.05, 0) is 30.4 Å². The molecule has 1 aliphatic rings. The minimum Gasteiger partial charge on any atom is -0.481 e. The lowest BCUT2D eigenvalue weighted by molar-refractivity contribution is -0.137. The van der Waals surface area contributed by atoms with Crippen molar-refractivity contribution in [1.29, 1.82) is 0 Å². The van der Waals surface area contributed by atoms with Crippen LogP contribution in [0.15, 0.2) is 6.20 Å². The fourth-order valence-electron chi connectivity index (χ4n) is 1.99. The van der Waals surface area contributed by atoms with E-state index >= 15 is 0 Å². The zero-order valence-corrected chi connectivity index (χ0v) is 10.3. The van der Waals surface area contributed by atoms with Gasteiger partial charge in [-0.25, -0.2) is 9.37 Å². The third kappa shape index (κ3) is 3.07. The van der Waals surface area contributed by atoms with E-state index in [1.807, 2.05) is 0 Å². The van der Waals surface area contributed by atoms with Crippen LogP contribution in [-0.4, -0.2) is 27.1 Å². The molecule has 2 N–H and O–H groups in total. The Morgan fingerprint density at radius 2 is 2.39 bits per heavy atom. The van der Waals surface area contributed by atoms with E-state index in [1.165, 1.54) is 0 Å². The predicted molar refractivity (Wildman–Crippen MR) is 64.0 cm³/mol. The molecule has 0 aliphatic heterocycles. The van der Waals surface area contributed by atoms with Crippen LogP contribution in [0.25, 0.3) is 0 Å². The van der Waals surface area contributed by atoms with Gasteiger partial charge in [-0.15, -0.1) is 0 Å². The maximum absolute atomic E-state index is 13.5. The van der Waals surface area contributed by atoms with Crippen LogP contribution in [0.1, 0.15) is 25.7 Å². The fraction of sp³-hybridized carbons (Fsp3) is 0.545. The van der Waals surface area contributed by atoms with Crippen molar-refractivity contribution in [3.05, 3.63) is 17.3 Å². The molecule has 18 heavy (non-hydrogen) atoms. The van der Waals surface area contributed by atoms with Crippen molar-refractivity contribution < 1.29 is 14.3 Å². The average molecular weight is 274 g/mol. The van der Waals surface area contributed by atoms with Crippen molar-refractivity contribution in [1.82, 2.24) is 9.97 Å². The number of halogens is 2. The minimum atomic E-state index is -0.917. The lowest BCUT2D eigenvalue weighted by atomic mass is 9.78. The van der Waals surface area contributed by atoms with Crippen molar-refractivity contribution in [2.45, 2.75) is 31.7 Å². The fourth-order valence-corrected chi connectivity index (χ4v) is 2.12. The molecule has 0 spiro atoms. The highest BCUT2D eigenvalue weighted by molar-refractivity contribution is 6.28. The van der Waals surface area contributed by atoms with E-state index < -0.39 is 11.8 Å². The van der Waals surface area contributed by atoms with Crippen LogP contribution in [-0.2, 0) is 4.79 Å². The van der Waals surface area contributed by atoms with Crippen molar-refractivity contribution in [2.24, 2.45) is 5.92 Å². The Bertz CT molecular complexity index is 454. The van der Waals surface area contributed by atoms with Gasteiger partial charge in [0, 0.05) is 6.04 Å². The second-order valence-corrected chi connectivity index (χ2v) is 4.71. The van der Waals surface area contributed by atoms with Gasteiger partial charge in [-0.3, -0.25) is 4.79 Å². The lowest BCUT2D eigenvalue weighted by Gasteiger charge is -2.33. The first-order chi connectivity index (χ1) is 8.56. The Morgan fingerprint density at radius 1 is 1.67 bits per heavy atom. The highest BCUT2D eigenvalue weighted by atomic mass is 35.5. The molecule has 1 saturated carbocycles. The third-order valence-corrected chi connectivity index (χ3v) is 3.33. The summed E-state index contributed by atoms with van der Waals surface area (Å²) in [6.45, 7) is 0. The Balaban J connectivity index is 2.11. The molecule has 7 heteroatoms. The van der Waals surface area contributed by atoms with Crippen molar-refractivity contribution in [2.75, 3.05) is 5.32 Å². The van der Waals surface area contributed by atoms with Crippen LogP contribution in [0, 0.1) is 11.7 Å². The lowest BCUT2D eigenvalue weighted by Crippen LogP contribution is -2.36. The number of rotatable bonds is 5. The van der Waals surface area contributed by atoms with Gasteiger partial charge in [0.05, 0.1) is 12.6 Å². The molecule has 1 aliphatic carbocycles. The molecule has 1 aromatic heterocycles. The molecule has 5 nitrogen and oxygen atoms in total. The summed E-state index contributed by atoms with van der Waals surface area (Å²) in [5.41, 5.74) is 0. The molecule has 1 unspecified atom stereocenters. The van der Waals surface area contributed by atoms with Crippen LogP contribution in [0.3, 0.4) is 0 Å². The van der Waals surface area contributed by atoms with E-state index in [2.05, 4.69) is 15.3 Å². The quantitative estimate of drug-likeness (QED) is 0.805. The van der Waals surface area contributed by atoms with E-state index in [0.717, 1.165) is 25.5 Å². The number of carboxylic acids is 1. The normalized spacial score (nSPS) is 17.0. The first-order valence-electron chi connectivity index (χ1n) is 5.72. The number of aliphatic carboxylic acids is 1. The number of anilines is 1. The van der Waals surface area contributed by atoms with E-state index in [9.17, 15) is 9.18 Å². The number of carboxylic acid groups (broad SMARTS) is 1. The van der Waals surface area contributed by atoms with Crippen LogP contribution >= 0.6 is 11.6 Å². The van der Waals surface area contributed by atoms with E-state index in [-0.39, 0.29) is 29.5 Å². The molecular formula is C11H13ClFN3O2. The number of aromatic nitrogens is 2. The summed E-state index contributed by atoms with van der Waals surface area (Å²) in [6, 6.07) is -0.322. The molecule has 98 valence electrons. The summed E-state index contributed by atoms with van der Waals surface area (Å²) in [5, 5.41) is 11.6. The highest BCUT2D eigenvalue weighted by Gasteiger charge is 2.29. The summed E-state index contributed by atoms with van der Waals surface area (Å²) in [7, 11) is 0. The monoisotopic (exact) mass is 273 g/mol. The van der Waals surface area contributed by atoms with Crippen LogP contribution in [0.5, 0.6) is 0 Å². The molecule has 1 heterocycles. The Labute approximate surface area is 108 Å². The maximum atomic E-state index is 13.5. The Hall–Kier alpha value is -1.43. The Morgan fingerprint density at radius 3 is 2.94 bits per heavy atom. The zero-order chi connectivity index (χ0) is 13.1. The van der Waals surface area contributed by atoms with E-state index in [0.29, 0.717) is 0 Å². The van der Waals surface area contributed by atoms with Crippen molar-refractivity contribution in [3.8, 4) is 0 Å². The molecular weight excluding hydrogens is 261 g/mol. The first-order valence-corrected chi connectivity index (χ1v) is 6.10. The molecule has 0 amide bonds. The molecule has 0 saturated heterocycles. The number of nitrogens with one attached hydrogen (secondary N) is 1. The van der Waals surface area contributed by atoms with Gasteiger partial charge < -0.3 is 10.4 Å². The van der Waals surface area contributed by atoms with Gasteiger partial charge in [0.1, 0.15) is 0 Å². The highest BCUT2D eigenvalue weighted by Crippen LogP contribution is 2.32. The summed E-state index contributed by atoms with van der Waals surface area (Å²) >= 11 is 5.59. The molecule has 1 fully saturated rings. The van der Waals surface area contributed by atoms with Crippen LogP contribution < -0.4 is 5.32 Å². The topological polar surface area (TPSA) is 75.1 Å². The van der Waals surface area contributed by atoms with Gasteiger partial charge in [-0.1, -0.05) is 6.42 Å². The third-order valence-electron chi connectivity index (χ3n) is 3.15. The smallest absolute Gasteiger partial charge is 0.305 e. The van der Waals surface area contributed by atoms with Gasteiger partial charge in [0.25, 0.3) is 0 Å². The molecule has 1 aromatic rings. The second kappa shape index (κ2) is 5.48. The van der Waals surface area contributed by atoms with Gasteiger partial charge in [0.2, 0.25) is 5.28 Å². The number of carbonyl (C=O) groups is 1. The SMILES string of the molecule is O=C(O)CC(Nc1nc(Cl)ncc1F)C1CCC1. The Kier molecular flexibility index (Phi) is 3.96. The number of nitrogens with zero attached hydrogens (tertiary/aromatic N) is 2. The first kappa shape index (κ1) is 13.0. The van der Waals surface area contributed by atoms with Gasteiger partial charge in [0.15, 0.2) is 11.6 Å². The standard InChI is InChI=1S/C11H13ClFN3O2/c12-11-14-5-7(13)10(16-11)15-8(4-9(17)18)6-2-1-3-6/h5-6,8H,1-4H2,(H,17,18)(H,14,15,16). The number of hydrogen-bond acceptors (Lipinski definition) is 4. The second-order valence-electron chi connectivity index (χ2n) is 4.38. The summed E-state index contributed by atoms with van der Waals surface area (Å²) in [4.78, 5) is 18.0. The summed E-state index contributed by atoms with van der Waals surface area (Å²) in [6.07, 6.45) is 3.88. The van der Waals surface area contributed by atoms with Crippen molar-refractivity contribution >= 4 is 23.4 Å². The molecule has 2 rings (SSSR count). The molecule has 0 bridgehead atoms. The van der Waals surface area contributed by atoms with Crippen molar-refractivity contribution in [3.63, 3.8) is 0 Å². The minimum absolute atomic E-state index is 0.0341. The molecule has 1 atom stereocenters. The van der Waals surface area contributed by atoms with Gasteiger partial charge in [-0.2, -0.15) is 4.98 Å². The summed E-state index contributed by atoms with van der Waals surface area (Å²) < 4.78 is 13.5. The average Bonchev–Trinajstić information content (AvgIpc) is 2.20. The number of hydrogen-bond donors (Lipinski definition) is 2. The molecule has 0 aromatic carbocycles. The van der Waals surface area contributed by atoms with Gasteiger partial charge >= 0.3 is 5.97 Å². The maximum Gasteiger partial charge on any atom is 0.305 e. The predicted octanol–water partition coefficient (Wildman–Crippen LogP) is 2.32. The van der Waals surface area contributed by atoms with E-state index in [1.54, 1.807) is 0 Å². The van der Waals surface area contributed by atoms with Crippen LogP contribution in [0.4, 0.5) is 10.2 Å². The zero-order valence-electron chi connectivity index (χ0n) is 9.57. The van der Waals surface area contributed by atoms with Crippen LogP contribution in [0.2, 0.25) is 5.28 Å². The molecule has 0 radical (unpaired) electrons.